The van der Waals surface area contributed by atoms with Crippen molar-refractivity contribution in [2.24, 2.45) is 0 Å². The number of amides is 1. The lowest BCUT2D eigenvalue weighted by atomic mass is 10.2. The van der Waals surface area contributed by atoms with Crippen LogP contribution in [0.15, 0.2) is 78.5 Å². The third kappa shape index (κ3) is 4.70. The minimum absolute atomic E-state index is 0.0586. The molecule has 144 valence electrons. The van der Waals surface area contributed by atoms with E-state index < -0.39 is 0 Å². The zero-order chi connectivity index (χ0) is 19.9. The van der Waals surface area contributed by atoms with Crippen LogP contribution in [-0.2, 0) is 17.9 Å². The van der Waals surface area contributed by atoms with Gasteiger partial charge in [-0.05, 0) is 12.5 Å². The van der Waals surface area contributed by atoms with Gasteiger partial charge in [-0.2, -0.15) is 0 Å². The predicted octanol–water partition coefficient (Wildman–Crippen LogP) is 4.27. The Kier molecular flexibility index (Phi) is 6.66. The summed E-state index contributed by atoms with van der Waals surface area (Å²) in [5.41, 5.74) is 2.10. The molecule has 0 radical (unpaired) electrons. The molecule has 1 amide bonds. The second-order valence-electron chi connectivity index (χ2n) is 6.51. The highest BCUT2D eigenvalue weighted by Gasteiger charge is 2.23. The Balaban J connectivity index is 1.74. The molecule has 3 aromatic rings. The minimum Gasteiger partial charge on any atom is -0.340 e. The van der Waals surface area contributed by atoms with Crippen molar-refractivity contribution in [1.82, 2.24) is 19.7 Å². The first kappa shape index (κ1) is 19.9. The van der Waals surface area contributed by atoms with Crippen LogP contribution in [-0.4, -0.2) is 37.9 Å². The van der Waals surface area contributed by atoms with Crippen LogP contribution in [0.5, 0.6) is 0 Å². The van der Waals surface area contributed by atoms with E-state index in [0.717, 1.165) is 17.0 Å². The number of nitrogens with zero attached hydrogens (tertiary/aromatic N) is 4. The molecule has 1 heterocycles. The fourth-order valence-electron chi connectivity index (χ4n) is 2.92. The van der Waals surface area contributed by atoms with Gasteiger partial charge >= 0.3 is 0 Å². The van der Waals surface area contributed by atoms with Crippen molar-refractivity contribution in [3.63, 3.8) is 0 Å². The molecule has 1 aromatic heterocycles. The van der Waals surface area contributed by atoms with Gasteiger partial charge in [-0.3, -0.25) is 9.36 Å². The number of hydrogen-bond acceptors (Lipinski definition) is 4. The highest BCUT2D eigenvalue weighted by Crippen LogP contribution is 2.27. The molecule has 3 rings (SSSR count). The quantitative estimate of drug-likeness (QED) is 0.424. The second kappa shape index (κ2) is 9.37. The Morgan fingerprint density at radius 2 is 1.79 bits per heavy atom. The molecule has 5 nitrogen and oxygen atoms in total. The number of rotatable bonds is 8. The molecule has 0 aliphatic heterocycles. The maximum Gasteiger partial charge on any atom is 0.235 e. The predicted molar refractivity (Wildman–Crippen MR) is 114 cm³/mol. The molecule has 0 bridgehead atoms. The Bertz CT molecular complexity index is 924. The molecule has 0 saturated heterocycles. The van der Waals surface area contributed by atoms with Crippen LogP contribution >= 0.6 is 11.8 Å². The normalized spacial score (nSPS) is 11.8. The van der Waals surface area contributed by atoms with E-state index >= 15 is 0 Å². The number of hydrogen-bond donors (Lipinski definition) is 0. The van der Waals surface area contributed by atoms with Crippen LogP contribution in [0, 0.1) is 0 Å². The average Bonchev–Trinajstić information content (AvgIpc) is 3.11. The monoisotopic (exact) mass is 392 g/mol. The Labute approximate surface area is 170 Å². The van der Waals surface area contributed by atoms with E-state index in [2.05, 4.69) is 16.8 Å². The second-order valence-corrected chi connectivity index (χ2v) is 7.82. The van der Waals surface area contributed by atoms with Gasteiger partial charge in [0.05, 0.1) is 5.25 Å². The lowest BCUT2D eigenvalue weighted by molar-refractivity contribution is -0.129. The molecule has 0 aliphatic rings. The van der Waals surface area contributed by atoms with Crippen LogP contribution in [0.3, 0.4) is 0 Å². The zero-order valence-electron chi connectivity index (χ0n) is 16.2. The number of thioether (sulfide) groups is 1. The summed E-state index contributed by atoms with van der Waals surface area (Å²) in [4.78, 5) is 14.6. The lowest BCUT2D eigenvalue weighted by Crippen LogP contribution is -2.33. The van der Waals surface area contributed by atoms with E-state index in [1.165, 1.54) is 11.8 Å². The molecule has 1 atom stereocenters. The number of carbonyl (C=O) groups excluding carboxylic acids is 1. The van der Waals surface area contributed by atoms with Crippen LogP contribution in [0.2, 0.25) is 0 Å². The van der Waals surface area contributed by atoms with E-state index in [4.69, 9.17) is 0 Å². The first-order chi connectivity index (χ1) is 13.6. The standard InChI is InChI=1S/C22H24N4OS/c1-4-15-26-20(19-13-9-6-10-14-19)23-24-22(26)28-17(2)21(27)25(3)16-18-11-7-5-8-12-18/h4-14,17H,1,15-16H2,2-3H3. The van der Waals surface area contributed by atoms with Gasteiger partial charge in [0.15, 0.2) is 11.0 Å². The molecular weight excluding hydrogens is 368 g/mol. The third-order valence-electron chi connectivity index (χ3n) is 4.33. The Hall–Kier alpha value is -2.86. The molecule has 2 aromatic carbocycles. The van der Waals surface area contributed by atoms with E-state index in [1.54, 1.807) is 4.90 Å². The Morgan fingerprint density at radius 3 is 2.43 bits per heavy atom. The van der Waals surface area contributed by atoms with Gasteiger partial charge in [-0.25, -0.2) is 0 Å². The zero-order valence-corrected chi connectivity index (χ0v) is 17.0. The van der Waals surface area contributed by atoms with Crippen LogP contribution < -0.4 is 0 Å². The maximum atomic E-state index is 12.8. The summed E-state index contributed by atoms with van der Waals surface area (Å²) in [6, 6.07) is 19.9. The van der Waals surface area contributed by atoms with E-state index in [0.29, 0.717) is 18.2 Å². The van der Waals surface area contributed by atoms with Crippen molar-refractivity contribution < 1.29 is 4.79 Å². The van der Waals surface area contributed by atoms with Gasteiger partial charge in [0.25, 0.3) is 0 Å². The lowest BCUT2D eigenvalue weighted by Gasteiger charge is -2.21. The van der Waals surface area contributed by atoms with Gasteiger partial charge < -0.3 is 4.90 Å². The van der Waals surface area contributed by atoms with Crippen molar-refractivity contribution >= 4 is 17.7 Å². The van der Waals surface area contributed by atoms with Crippen molar-refractivity contribution in [1.29, 1.82) is 0 Å². The molecular formula is C22H24N4OS. The molecule has 1 unspecified atom stereocenters. The summed E-state index contributed by atoms with van der Waals surface area (Å²) >= 11 is 1.42. The topological polar surface area (TPSA) is 51.0 Å². The Morgan fingerprint density at radius 1 is 1.14 bits per heavy atom. The highest BCUT2D eigenvalue weighted by atomic mass is 32.2. The summed E-state index contributed by atoms with van der Waals surface area (Å²) in [5.74, 6) is 0.837. The van der Waals surface area contributed by atoms with Gasteiger partial charge in [0, 0.05) is 25.7 Å². The molecule has 6 heteroatoms. The minimum atomic E-state index is -0.273. The molecule has 0 N–H and O–H groups in total. The first-order valence-corrected chi connectivity index (χ1v) is 10.0. The number of benzene rings is 2. The summed E-state index contributed by atoms with van der Waals surface area (Å²) in [5, 5.41) is 9.13. The maximum absolute atomic E-state index is 12.8. The van der Waals surface area contributed by atoms with Crippen molar-refractivity contribution in [2.45, 2.75) is 30.4 Å². The summed E-state index contributed by atoms with van der Waals surface area (Å²) < 4.78 is 1.99. The number of carbonyl (C=O) groups is 1. The number of aromatic nitrogens is 3. The van der Waals surface area contributed by atoms with Crippen molar-refractivity contribution in [2.75, 3.05) is 7.05 Å². The van der Waals surface area contributed by atoms with Crippen molar-refractivity contribution in [3.05, 3.63) is 78.9 Å². The number of allylic oxidation sites excluding steroid dienone is 1. The smallest absolute Gasteiger partial charge is 0.235 e. The van der Waals surface area contributed by atoms with Gasteiger partial charge in [0.1, 0.15) is 0 Å². The molecule has 0 spiro atoms. The van der Waals surface area contributed by atoms with E-state index in [9.17, 15) is 4.79 Å². The molecule has 28 heavy (non-hydrogen) atoms. The average molecular weight is 393 g/mol. The highest BCUT2D eigenvalue weighted by molar-refractivity contribution is 8.00. The summed E-state index contributed by atoms with van der Waals surface area (Å²) in [6.45, 7) is 6.91. The molecule has 0 saturated carbocycles. The van der Waals surface area contributed by atoms with Gasteiger partial charge in [-0.15, -0.1) is 16.8 Å². The van der Waals surface area contributed by atoms with Crippen LogP contribution in [0.1, 0.15) is 12.5 Å². The fourth-order valence-corrected chi connectivity index (χ4v) is 3.90. The fraction of sp³-hybridized carbons (Fsp3) is 0.227. The largest absolute Gasteiger partial charge is 0.340 e. The van der Waals surface area contributed by atoms with Gasteiger partial charge in [-0.1, -0.05) is 78.5 Å². The van der Waals surface area contributed by atoms with Crippen molar-refractivity contribution in [3.8, 4) is 11.4 Å². The SMILES string of the molecule is C=CCn1c(SC(C)C(=O)N(C)Cc2ccccc2)nnc1-c1ccccc1. The van der Waals surface area contributed by atoms with Crippen LogP contribution in [0.25, 0.3) is 11.4 Å². The summed E-state index contributed by atoms with van der Waals surface area (Å²) in [6.07, 6.45) is 1.81. The summed E-state index contributed by atoms with van der Waals surface area (Å²) in [7, 11) is 1.83. The van der Waals surface area contributed by atoms with E-state index in [1.807, 2.05) is 85.3 Å². The third-order valence-corrected chi connectivity index (χ3v) is 5.40. The van der Waals surface area contributed by atoms with Crippen LogP contribution in [0.4, 0.5) is 0 Å². The van der Waals surface area contributed by atoms with E-state index in [-0.39, 0.29) is 11.2 Å². The molecule has 0 aliphatic carbocycles. The first-order valence-electron chi connectivity index (χ1n) is 9.15. The van der Waals surface area contributed by atoms with Gasteiger partial charge in [0.2, 0.25) is 5.91 Å². The molecule has 0 fully saturated rings.